The average Bonchev–Trinajstić information content (AvgIpc) is 2.53. The summed E-state index contributed by atoms with van der Waals surface area (Å²) in [6.45, 7) is 3.35. The van der Waals surface area contributed by atoms with E-state index in [0.29, 0.717) is 19.6 Å². The van der Waals surface area contributed by atoms with Crippen molar-refractivity contribution in [1.29, 1.82) is 0 Å². The van der Waals surface area contributed by atoms with Crippen molar-refractivity contribution >= 4 is 10.2 Å². The first-order valence-electron chi connectivity index (χ1n) is 7.61. The van der Waals surface area contributed by atoms with E-state index in [1.807, 2.05) is 24.3 Å². The third-order valence-corrected chi connectivity index (χ3v) is 5.71. The topological polar surface area (TPSA) is 75.4 Å². The Balaban J connectivity index is 2.07. The van der Waals surface area contributed by atoms with Crippen LogP contribution in [0.5, 0.6) is 0 Å². The van der Waals surface area contributed by atoms with Crippen molar-refractivity contribution in [1.82, 2.24) is 9.03 Å². The highest BCUT2D eigenvalue weighted by Crippen LogP contribution is 2.19. The van der Waals surface area contributed by atoms with Crippen molar-refractivity contribution in [3.63, 3.8) is 0 Å². The quantitative estimate of drug-likeness (QED) is 0.834. The first-order chi connectivity index (χ1) is 10.1. The van der Waals surface area contributed by atoms with Crippen LogP contribution in [0.2, 0.25) is 0 Å². The number of hydrogen-bond donors (Lipinski definition) is 2. The Morgan fingerprint density at radius 2 is 2.00 bits per heavy atom. The molecule has 0 amide bonds. The Labute approximate surface area is 127 Å². The summed E-state index contributed by atoms with van der Waals surface area (Å²) in [6.07, 6.45) is 3.70. The zero-order valence-electron chi connectivity index (χ0n) is 12.6. The van der Waals surface area contributed by atoms with Crippen LogP contribution in [0.3, 0.4) is 0 Å². The number of rotatable bonds is 6. The Hall–Kier alpha value is -0.950. The lowest BCUT2D eigenvalue weighted by Gasteiger charge is -2.33. The predicted octanol–water partition coefficient (Wildman–Crippen LogP) is 1.40. The first kappa shape index (κ1) is 16.4. The summed E-state index contributed by atoms with van der Waals surface area (Å²) in [6, 6.07) is 7.85. The van der Waals surface area contributed by atoms with E-state index in [2.05, 4.69) is 11.6 Å². The molecular formula is C15H25N3O2S. The van der Waals surface area contributed by atoms with Crippen LogP contribution in [0.4, 0.5) is 0 Å². The molecule has 1 fully saturated rings. The maximum Gasteiger partial charge on any atom is 0.280 e. The number of piperidine rings is 1. The number of hydrogen-bond acceptors (Lipinski definition) is 3. The van der Waals surface area contributed by atoms with Gasteiger partial charge in [0.15, 0.2) is 0 Å². The highest BCUT2D eigenvalue weighted by Gasteiger charge is 2.31. The van der Waals surface area contributed by atoms with Gasteiger partial charge < -0.3 is 5.73 Å². The number of aryl methyl sites for hydroxylation is 1. The molecule has 118 valence electrons. The third-order valence-electron chi connectivity index (χ3n) is 4.10. The molecule has 0 saturated carbocycles. The lowest BCUT2D eigenvalue weighted by molar-refractivity contribution is 0.254. The van der Waals surface area contributed by atoms with Gasteiger partial charge in [0.1, 0.15) is 0 Å². The van der Waals surface area contributed by atoms with Crippen LogP contribution in [0.1, 0.15) is 37.3 Å². The van der Waals surface area contributed by atoms with Gasteiger partial charge >= 0.3 is 0 Å². The van der Waals surface area contributed by atoms with E-state index in [-0.39, 0.29) is 6.04 Å². The van der Waals surface area contributed by atoms with Crippen LogP contribution in [-0.2, 0) is 23.2 Å². The first-order valence-corrected chi connectivity index (χ1v) is 9.05. The molecule has 0 bridgehead atoms. The van der Waals surface area contributed by atoms with Crippen molar-refractivity contribution in [2.45, 2.75) is 45.2 Å². The summed E-state index contributed by atoms with van der Waals surface area (Å²) in [4.78, 5) is 0. The van der Waals surface area contributed by atoms with E-state index in [0.717, 1.165) is 31.2 Å². The van der Waals surface area contributed by atoms with E-state index >= 15 is 0 Å². The van der Waals surface area contributed by atoms with Gasteiger partial charge in [-0.05, 0) is 30.4 Å². The number of benzene rings is 1. The Bertz CT molecular complexity index is 560. The van der Waals surface area contributed by atoms with Gasteiger partial charge in [-0.15, -0.1) is 0 Å². The molecule has 0 radical (unpaired) electrons. The summed E-state index contributed by atoms with van der Waals surface area (Å²) >= 11 is 0. The minimum Gasteiger partial charge on any atom is -0.329 e. The van der Waals surface area contributed by atoms with Gasteiger partial charge in [-0.1, -0.05) is 37.6 Å². The van der Waals surface area contributed by atoms with E-state index in [4.69, 9.17) is 5.73 Å². The van der Waals surface area contributed by atoms with E-state index < -0.39 is 10.2 Å². The van der Waals surface area contributed by atoms with Gasteiger partial charge in [-0.3, -0.25) is 0 Å². The van der Waals surface area contributed by atoms with E-state index in [9.17, 15) is 8.42 Å². The fraction of sp³-hybridized carbons (Fsp3) is 0.600. The highest BCUT2D eigenvalue weighted by atomic mass is 32.2. The molecule has 1 unspecified atom stereocenters. The molecule has 6 heteroatoms. The van der Waals surface area contributed by atoms with Crippen LogP contribution >= 0.6 is 0 Å². The monoisotopic (exact) mass is 311 g/mol. The largest absolute Gasteiger partial charge is 0.329 e. The van der Waals surface area contributed by atoms with E-state index in [1.54, 1.807) is 0 Å². The summed E-state index contributed by atoms with van der Waals surface area (Å²) < 4.78 is 29.2. The smallest absolute Gasteiger partial charge is 0.280 e. The van der Waals surface area contributed by atoms with Gasteiger partial charge in [-0.2, -0.15) is 17.4 Å². The highest BCUT2D eigenvalue weighted by molar-refractivity contribution is 7.87. The van der Waals surface area contributed by atoms with Crippen molar-refractivity contribution in [2.75, 3.05) is 13.1 Å². The minimum absolute atomic E-state index is 0.0716. The molecule has 2 rings (SSSR count). The van der Waals surface area contributed by atoms with Crippen LogP contribution in [0, 0.1) is 0 Å². The molecule has 21 heavy (non-hydrogen) atoms. The van der Waals surface area contributed by atoms with Crippen molar-refractivity contribution in [2.24, 2.45) is 5.73 Å². The number of nitrogens with one attached hydrogen (secondary N) is 1. The van der Waals surface area contributed by atoms with Gasteiger partial charge in [0.05, 0.1) is 0 Å². The molecule has 1 atom stereocenters. The molecule has 5 nitrogen and oxygen atoms in total. The predicted molar refractivity (Wildman–Crippen MR) is 85.0 cm³/mol. The van der Waals surface area contributed by atoms with Gasteiger partial charge in [-0.25, -0.2) is 0 Å². The molecule has 1 heterocycles. The standard InChI is InChI=1S/C15H25N3O2S/c1-2-13-7-3-4-8-14(13)12-17-21(19,20)18-10-6-5-9-15(18)11-16/h3-4,7-8,15,17H,2,5-6,9-12,16H2,1H3. The second-order valence-corrected chi connectivity index (χ2v) is 7.15. The SMILES string of the molecule is CCc1ccccc1CNS(=O)(=O)N1CCCCC1CN. The summed E-state index contributed by atoms with van der Waals surface area (Å²) in [5, 5.41) is 0. The number of nitrogens with two attached hydrogens (primary N) is 1. The van der Waals surface area contributed by atoms with Gasteiger partial charge in [0, 0.05) is 25.7 Å². The lowest BCUT2D eigenvalue weighted by Crippen LogP contribution is -2.51. The summed E-state index contributed by atoms with van der Waals surface area (Å²) in [5.41, 5.74) is 7.92. The molecule has 0 spiro atoms. The minimum atomic E-state index is -3.46. The van der Waals surface area contributed by atoms with Crippen LogP contribution in [-0.4, -0.2) is 31.9 Å². The lowest BCUT2D eigenvalue weighted by atomic mass is 10.1. The Morgan fingerprint density at radius 3 is 2.67 bits per heavy atom. The second kappa shape index (κ2) is 7.35. The fourth-order valence-corrected chi connectivity index (χ4v) is 4.31. The van der Waals surface area contributed by atoms with Crippen LogP contribution in [0.25, 0.3) is 0 Å². The molecule has 0 aliphatic carbocycles. The normalized spacial score (nSPS) is 20.6. The van der Waals surface area contributed by atoms with E-state index in [1.165, 1.54) is 9.87 Å². The molecule has 1 aliphatic heterocycles. The molecule has 1 aromatic rings. The maximum absolute atomic E-state index is 12.5. The molecule has 1 aromatic carbocycles. The van der Waals surface area contributed by atoms with Gasteiger partial charge in [0.25, 0.3) is 10.2 Å². The van der Waals surface area contributed by atoms with Crippen molar-refractivity contribution < 1.29 is 8.42 Å². The van der Waals surface area contributed by atoms with Crippen molar-refractivity contribution in [3.8, 4) is 0 Å². The van der Waals surface area contributed by atoms with Crippen LogP contribution in [0.15, 0.2) is 24.3 Å². The second-order valence-electron chi connectivity index (χ2n) is 5.44. The Morgan fingerprint density at radius 1 is 1.29 bits per heavy atom. The van der Waals surface area contributed by atoms with Crippen LogP contribution < -0.4 is 10.5 Å². The van der Waals surface area contributed by atoms with Gasteiger partial charge in [0.2, 0.25) is 0 Å². The molecule has 3 N–H and O–H groups in total. The zero-order chi connectivity index (χ0) is 15.3. The fourth-order valence-electron chi connectivity index (χ4n) is 2.85. The van der Waals surface area contributed by atoms with Crippen molar-refractivity contribution in [3.05, 3.63) is 35.4 Å². The summed E-state index contributed by atoms with van der Waals surface area (Å²) in [7, 11) is -3.46. The molecule has 1 aliphatic rings. The number of nitrogens with zero attached hydrogens (tertiary/aromatic N) is 1. The average molecular weight is 311 g/mol. The maximum atomic E-state index is 12.5. The zero-order valence-corrected chi connectivity index (χ0v) is 13.4. The summed E-state index contributed by atoms with van der Waals surface area (Å²) in [5.74, 6) is 0. The molecule has 0 aromatic heterocycles. The Kier molecular flexibility index (Phi) is 5.75. The molecular weight excluding hydrogens is 286 g/mol. The third kappa shape index (κ3) is 4.03. The molecule has 1 saturated heterocycles.